The van der Waals surface area contributed by atoms with Crippen molar-refractivity contribution in [2.24, 2.45) is 0 Å². The van der Waals surface area contributed by atoms with Gasteiger partial charge in [-0.3, -0.25) is 0 Å². The molecule has 0 aliphatic rings. The van der Waals surface area contributed by atoms with E-state index in [-0.39, 0.29) is 0 Å². The van der Waals surface area contributed by atoms with Gasteiger partial charge < -0.3 is 0 Å². The Morgan fingerprint density at radius 3 is 2.22 bits per heavy atom. The van der Waals surface area contributed by atoms with Crippen LogP contribution in [0.1, 0.15) is 5.56 Å². The molecule has 0 nitrogen and oxygen atoms in total. The zero-order valence-corrected chi connectivity index (χ0v) is 13.5. The van der Waals surface area contributed by atoms with Crippen LogP contribution in [0.15, 0.2) is 42.5 Å². The van der Waals surface area contributed by atoms with E-state index in [1.54, 1.807) is 12.1 Å². The number of benzene rings is 2. The fourth-order valence-corrected chi connectivity index (χ4v) is 3.52. The second-order valence-corrected chi connectivity index (χ2v) is 8.22. The number of fused-ring (bicyclic) bond motifs is 1. The van der Waals surface area contributed by atoms with Crippen molar-refractivity contribution in [2.75, 3.05) is 6.26 Å². The van der Waals surface area contributed by atoms with Crippen molar-refractivity contribution in [1.82, 2.24) is 0 Å². The lowest BCUT2D eigenvalue weighted by atomic mass is 10.1. The van der Waals surface area contributed by atoms with E-state index in [0.29, 0.717) is 17.3 Å². The fraction of sp³-hybridized carbons (Fsp3) is 0.231. The van der Waals surface area contributed by atoms with Crippen molar-refractivity contribution in [1.29, 1.82) is 0 Å². The molecule has 0 saturated heterocycles. The molecule has 2 aromatic carbocycles. The third kappa shape index (κ3) is 2.45. The summed E-state index contributed by atoms with van der Waals surface area (Å²) in [5.74, 6) is 0. The Morgan fingerprint density at radius 2 is 1.61 bits per heavy atom. The van der Waals surface area contributed by atoms with Crippen LogP contribution in [0, 0.1) is 0 Å². The lowest BCUT2D eigenvalue weighted by Gasteiger charge is -2.29. The number of alkyl halides is 4. The highest BCUT2D eigenvalue weighted by Crippen LogP contribution is 2.55. The number of thioether (sulfide) groups is 1. The molecule has 0 unspecified atom stereocenters. The molecule has 0 atom stereocenters. The van der Waals surface area contributed by atoms with Gasteiger partial charge in [0.1, 0.15) is 0 Å². The minimum atomic E-state index is -2.95. The van der Waals surface area contributed by atoms with Crippen LogP contribution in [0.25, 0.3) is 10.8 Å². The van der Waals surface area contributed by atoms with Crippen molar-refractivity contribution in [3.8, 4) is 0 Å². The first-order chi connectivity index (χ1) is 8.38. The van der Waals surface area contributed by atoms with Crippen molar-refractivity contribution in [3.05, 3.63) is 48.0 Å². The highest BCUT2D eigenvalue weighted by molar-refractivity contribution is 9.25. The van der Waals surface area contributed by atoms with Gasteiger partial charge in [0.05, 0.1) is 0 Å². The van der Waals surface area contributed by atoms with E-state index in [9.17, 15) is 8.78 Å². The molecule has 0 aliphatic carbocycles. The first-order valence-electron chi connectivity index (χ1n) is 5.18. The van der Waals surface area contributed by atoms with E-state index in [1.165, 1.54) is 6.26 Å². The lowest BCUT2D eigenvalue weighted by molar-refractivity contribution is 0.0963. The van der Waals surface area contributed by atoms with Crippen LogP contribution in [0.5, 0.6) is 0 Å². The maximum Gasteiger partial charge on any atom is 0.322 e. The SMILES string of the molecule is CSC(F)(F)C(Br)(Br)c1ccc2ccccc2c1. The summed E-state index contributed by atoms with van der Waals surface area (Å²) in [4.78, 5) is 0. The number of rotatable bonds is 3. The average Bonchev–Trinajstić information content (AvgIpc) is 2.37. The monoisotopic (exact) mass is 394 g/mol. The Balaban J connectivity index is 2.54. The van der Waals surface area contributed by atoms with Gasteiger partial charge in [-0.2, -0.15) is 8.78 Å². The van der Waals surface area contributed by atoms with E-state index in [2.05, 4.69) is 31.9 Å². The van der Waals surface area contributed by atoms with Gasteiger partial charge in [-0.15, -0.1) is 0 Å². The van der Waals surface area contributed by atoms with Crippen molar-refractivity contribution in [3.63, 3.8) is 0 Å². The van der Waals surface area contributed by atoms with Crippen LogP contribution in [-0.4, -0.2) is 11.5 Å². The molecule has 0 aliphatic heterocycles. The minimum Gasteiger partial charge on any atom is -0.191 e. The molecule has 0 heterocycles. The lowest BCUT2D eigenvalue weighted by Crippen LogP contribution is -2.31. The smallest absolute Gasteiger partial charge is 0.191 e. The largest absolute Gasteiger partial charge is 0.322 e. The molecule has 0 fully saturated rings. The summed E-state index contributed by atoms with van der Waals surface area (Å²) in [6.45, 7) is 0. The van der Waals surface area contributed by atoms with Gasteiger partial charge in [0.15, 0.2) is 3.23 Å². The molecule has 0 N–H and O–H groups in total. The summed E-state index contributed by atoms with van der Waals surface area (Å²) in [7, 11) is 0. The van der Waals surface area contributed by atoms with Gasteiger partial charge >= 0.3 is 5.25 Å². The third-order valence-electron chi connectivity index (χ3n) is 2.73. The molecule has 0 amide bonds. The van der Waals surface area contributed by atoms with Crippen molar-refractivity contribution in [2.45, 2.75) is 8.49 Å². The van der Waals surface area contributed by atoms with Crippen LogP contribution in [0.4, 0.5) is 8.78 Å². The summed E-state index contributed by atoms with van der Waals surface area (Å²) in [5.41, 5.74) is 0.501. The predicted octanol–water partition coefficient (Wildman–Crippen LogP) is 5.74. The maximum atomic E-state index is 13.9. The molecule has 96 valence electrons. The summed E-state index contributed by atoms with van der Waals surface area (Å²) < 4.78 is 26.2. The first-order valence-corrected chi connectivity index (χ1v) is 7.99. The highest BCUT2D eigenvalue weighted by atomic mass is 79.9. The summed E-state index contributed by atoms with van der Waals surface area (Å²) >= 11 is 6.71. The van der Waals surface area contributed by atoms with Gasteiger partial charge in [-0.25, -0.2) is 0 Å². The second kappa shape index (κ2) is 5.10. The van der Waals surface area contributed by atoms with Gasteiger partial charge in [0.25, 0.3) is 0 Å². The Morgan fingerprint density at radius 1 is 1.00 bits per heavy atom. The van der Waals surface area contributed by atoms with Crippen LogP contribution >= 0.6 is 43.6 Å². The number of hydrogen-bond donors (Lipinski definition) is 0. The van der Waals surface area contributed by atoms with Crippen LogP contribution in [0.2, 0.25) is 0 Å². The normalized spacial score (nSPS) is 12.9. The van der Waals surface area contributed by atoms with Crippen molar-refractivity contribution < 1.29 is 8.78 Å². The van der Waals surface area contributed by atoms with Crippen LogP contribution < -0.4 is 0 Å². The Bertz CT molecular complexity index is 570. The first kappa shape index (κ1) is 14.3. The summed E-state index contributed by atoms with van der Waals surface area (Å²) in [6.07, 6.45) is 1.39. The Labute approximate surface area is 125 Å². The molecule has 2 rings (SSSR count). The molecule has 0 aromatic heterocycles. The Kier molecular flexibility index (Phi) is 4.04. The zero-order chi connectivity index (χ0) is 13.4. The second-order valence-electron chi connectivity index (χ2n) is 3.86. The van der Waals surface area contributed by atoms with E-state index in [1.807, 2.05) is 30.3 Å². The van der Waals surface area contributed by atoms with Gasteiger partial charge in [-0.05, 0) is 28.7 Å². The fourth-order valence-electron chi connectivity index (χ4n) is 1.68. The number of hydrogen-bond acceptors (Lipinski definition) is 1. The zero-order valence-electron chi connectivity index (χ0n) is 9.46. The van der Waals surface area contributed by atoms with Gasteiger partial charge in [0, 0.05) is 0 Å². The third-order valence-corrected chi connectivity index (χ3v) is 5.99. The molecule has 18 heavy (non-hydrogen) atoms. The molecule has 2 aromatic rings. The van der Waals surface area contributed by atoms with E-state index >= 15 is 0 Å². The molecule has 0 spiro atoms. The van der Waals surface area contributed by atoms with E-state index < -0.39 is 8.49 Å². The molecular formula is C13H10Br2F2S. The standard InChI is InChI=1S/C13H10Br2F2S/c1-18-13(16,17)12(14,15)11-7-6-9-4-2-3-5-10(9)8-11/h2-8H,1H3. The maximum absolute atomic E-state index is 13.9. The summed E-state index contributed by atoms with van der Waals surface area (Å²) in [6, 6.07) is 13.0. The average molecular weight is 396 g/mol. The minimum absolute atomic E-state index is 0.501. The van der Waals surface area contributed by atoms with Crippen molar-refractivity contribution >= 4 is 54.4 Å². The molecular weight excluding hydrogens is 386 g/mol. The highest BCUT2D eigenvalue weighted by Gasteiger charge is 2.51. The van der Waals surface area contributed by atoms with Gasteiger partial charge in [-0.1, -0.05) is 80.0 Å². The molecule has 0 saturated carbocycles. The molecule has 0 radical (unpaired) electrons. The Hall–Kier alpha value is -0.130. The van der Waals surface area contributed by atoms with Crippen LogP contribution in [-0.2, 0) is 3.23 Å². The van der Waals surface area contributed by atoms with Gasteiger partial charge in [0.2, 0.25) is 0 Å². The van der Waals surface area contributed by atoms with Crippen LogP contribution in [0.3, 0.4) is 0 Å². The topological polar surface area (TPSA) is 0 Å². The van der Waals surface area contributed by atoms with E-state index in [0.717, 1.165) is 10.8 Å². The quantitative estimate of drug-likeness (QED) is 0.597. The van der Waals surface area contributed by atoms with E-state index in [4.69, 9.17) is 0 Å². The predicted molar refractivity (Wildman–Crippen MR) is 81.9 cm³/mol. The molecule has 5 heteroatoms. The summed E-state index contributed by atoms with van der Waals surface area (Å²) in [5, 5.41) is -0.977. The number of halogens is 4. The molecule has 0 bridgehead atoms.